The quantitative estimate of drug-likeness (QED) is 0.767. The Morgan fingerprint density at radius 3 is 2.05 bits per heavy atom. The van der Waals surface area contributed by atoms with E-state index < -0.39 is 0 Å². The van der Waals surface area contributed by atoms with E-state index in [1.54, 1.807) is 6.07 Å². The van der Waals surface area contributed by atoms with E-state index in [0.29, 0.717) is 5.75 Å². The molecule has 20 heavy (non-hydrogen) atoms. The number of aryl methyl sites for hydroxylation is 1. The molecule has 0 radical (unpaired) electrons. The maximum Gasteiger partial charge on any atom is 0.123 e. The predicted molar refractivity (Wildman–Crippen MR) is 86.1 cm³/mol. The van der Waals surface area contributed by atoms with Crippen molar-refractivity contribution in [2.75, 3.05) is 0 Å². The Balaban J connectivity index is 2.54. The standard InChI is InChI=1S/C19H20O/c1-4-6-15-9-8-14(3)17(12-15)18-13-16(7-5-2)10-11-19(18)20/h4-5,8-13,20H,1-2,6-7H2,3H3. The Morgan fingerprint density at radius 1 is 0.900 bits per heavy atom. The third-order valence-electron chi connectivity index (χ3n) is 3.41. The highest BCUT2D eigenvalue weighted by Crippen LogP contribution is 2.33. The van der Waals surface area contributed by atoms with E-state index in [2.05, 4.69) is 38.3 Å². The third-order valence-corrected chi connectivity index (χ3v) is 3.41. The normalized spacial score (nSPS) is 10.2. The van der Waals surface area contributed by atoms with Gasteiger partial charge in [-0.3, -0.25) is 0 Å². The van der Waals surface area contributed by atoms with Gasteiger partial charge < -0.3 is 5.11 Å². The molecule has 0 saturated heterocycles. The number of allylic oxidation sites excluding steroid dienone is 2. The van der Waals surface area contributed by atoms with Crippen LogP contribution in [0, 0.1) is 6.92 Å². The summed E-state index contributed by atoms with van der Waals surface area (Å²) in [6, 6.07) is 12.1. The van der Waals surface area contributed by atoms with Crippen LogP contribution in [0.5, 0.6) is 5.75 Å². The molecule has 102 valence electrons. The van der Waals surface area contributed by atoms with Crippen molar-refractivity contribution in [2.45, 2.75) is 19.8 Å². The van der Waals surface area contributed by atoms with E-state index in [1.807, 2.05) is 24.3 Å². The highest BCUT2D eigenvalue weighted by molar-refractivity contribution is 5.74. The summed E-state index contributed by atoms with van der Waals surface area (Å²) in [4.78, 5) is 0. The molecule has 0 heterocycles. The van der Waals surface area contributed by atoms with Crippen molar-refractivity contribution in [3.63, 3.8) is 0 Å². The van der Waals surface area contributed by atoms with Crippen molar-refractivity contribution >= 4 is 0 Å². The molecule has 1 heteroatoms. The van der Waals surface area contributed by atoms with Crippen molar-refractivity contribution in [2.24, 2.45) is 0 Å². The van der Waals surface area contributed by atoms with Crippen LogP contribution in [-0.4, -0.2) is 5.11 Å². The Labute approximate surface area is 120 Å². The second-order valence-corrected chi connectivity index (χ2v) is 4.99. The molecule has 0 amide bonds. The number of hydrogen-bond acceptors (Lipinski definition) is 1. The van der Waals surface area contributed by atoms with Gasteiger partial charge >= 0.3 is 0 Å². The van der Waals surface area contributed by atoms with Crippen molar-refractivity contribution < 1.29 is 5.11 Å². The van der Waals surface area contributed by atoms with Gasteiger partial charge in [-0.15, -0.1) is 13.2 Å². The fraction of sp³-hybridized carbons (Fsp3) is 0.158. The van der Waals surface area contributed by atoms with Crippen LogP contribution in [0.25, 0.3) is 11.1 Å². The van der Waals surface area contributed by atoms with Crippen LogP contribution in [0.2, 0.25) is 0 Å². The molecule has 0 unspecified atom stereocenters. The second-order valence-electron chi connectivity index (χ2n) is 4.99. The zero-order valence-electron chi connectivity index (χ0n) is 11.9. The Morgan fingerprint density at radius 2 is 1.45 bits per heavy atom. The van der Waals surface area contributed by atoms with Crippen LogP contribution >= 0.6 is 0 Å². The molecule has 2 rings (SSSR count). The van der Waals surface area contributed by atoms with Gasteiger partial charge in [0, 0.05) is 5.56 Å². The van der Waals surface area contributed by atoms with Gasteiger partial charge in [0.05, 0.1) is 0 Å². The topological polar surface area (TPSA) is 20.2 Å². The van der Waals surface area contributed by atoms with Gasteiger partial charge in [0.25, 0.3) is 0 Å². The molecular formula is C19H20O. The Hall–Kier alpha value is -2.28. The van der Waals surface area contributed by atoms with Gasteiger partial charge in [0.15, 0.2) is 0 Å². The zero-order valence-corrected chi connectivity index (χ0v) is 11.9. The largest absolute Gasteiger partial charge is 0.507 e. The van der Waals surface area contributed by atoms with E-state index in [4.69, 9.17) is 0 Å². The minimum absolute atomic E-state index is 0.316. The summed E-state index contributed by atoms with van der Waals surface area (Å²) in [5.41, 5.74) is 5.47. The fourth-order valence-electron chi connectivity index (χ4n) is 2.35. The van der Waals surface area contributed by atoms with Crippen molar-refractivity contribution in [1.82, 2.24) is 0 Å². The molecule has 1 nitrogen and oxygen atoms in total. The minimum atomic E-state index is 0.316. The number of phenolic OH excluding ortho intramolecular Hbond substituents is 1. The summed E-state index contributed by atoms with van der Waals surface area (Å²) in [5, 5.41) is 10.2. The molecule has 0 aromatic heterocycles. The minimum Gasteiger partial charge on any atom is -0.507 e. The van der Waals surface area contributed by atoms with Crippen molar-refractivity contribution in [3.05, 3.63) is 78.4 Å². The summed E-state index contributed by atoms with van der Waals surface area (Å²) in [6.07, 6.45) is 5.40. The van der Waals surface area contributed by atoms with Crippen LogP contribution in [0.1, 0.15) is 16.7 Å². The maximum absolute atomic E-state index is 10.2. The monoisotopic (exact) mass is 264 g/mol. The fourth-order valence-corrected chi connectivity index (χ4v) is 2.35. The first-order chi connectivity index (χ1) is 9.65. The van der Waals surface area contributed by atoms with Crippen LogP contribution in [0.4, 0.5) is 0 Å². The van der Waals surface area contributed by atoms with Gasteiger partial charge in [-0.1, -0.05) is 36.4 Å². The number of rotatable bonds is 5. The molecule has 0 atom stereocenters. The molecule has 2 aromatic rings. The lowest BCUT2D eigenvalue weighted by Gasteiger charge is -2.11. The number of aromatic hydroxyl groups is 1. The lowest BCUT2D eigenvalue weighted by Crippen LogP contribution is -1.90. The average Bonchev–Trinajstić information content (AvgIpc) is 2.44. The summed E-state index contributed by atoms with van der Waals surface area (Å²) >= 11 is 0. The lowest BCUT2D eigenvalue weighted by atomic mass is 9.94. The van der Waals surface area contributed by atoms with Crippen LogP contribution in [-0.2, 0) is 12.8 Å². The molecule has 0 aliphatic rings. The Kier molecular flexibility index (Phi) is 4.41. The van der Waals surface area contributed by atoms with Gasteiger partial charge in [-0.05, 0) is 54.2 Å². The summed E-state index contributed by atoms with van der Waals surface area (Å²) in [6.45, 7) is 9.60. The molecule has 1 N–H and O–H groups in total. The highest BCUT2D eigenvalue weighted by atomic mass is 16.3. The molecule has 0 aliphatic heterocycles. The molecule has 0 spiro atoms. The number of benzene rings is 2. The lowest BCUT2D eigenvalue weighted by molar-refractivity contribution is 0.477. The zero-order chi connectivity index (χ0) is 14.5. The van der Waals surface area contributed by atoms with Gasteiger partial charge in [0.2, 0.25) is 0 Å². The highest BCUT2D eigenvalue weighted by Gasteiger charge is 2.09. The van der Waals surface area contributed by atoms with Crippen LogP contribution < -0.4 is 0 Å². The Bertz CT molecular complexity index is 581. The van der Waals surface area contributed by atoms with Crippen LogP contribution in [0.15, 0.2) is 61.7 Å². The molecule has 0 bridgehead atoms. The van der Waals surface area contributed by atoms with Crippen LogP contribution in [0.3, 0.4) is 0 Å². The SMILES string of the molecule is C=CCc1ccc(C)c(-c2cc(CC=C)ccc2O)c1. The second kappa shape index (κ2) is 6.25. The first-order valence-electron chi connectivity index (χ1n) is 6.79. The van der Waals surface area contributed by atoms with E-state index >= 15 is 0 Å². The van der Waals surface area contributed by atoms with Gasteiger partial charge in [-0.25, -0.2) is 0 Å². The van der Waals surface area contributed by atoms with E-state index in [9.17, 15) is 5.11 Å². The smallest absolute Gasteiger partial charge is 0.123 e. The first-order valence-corrected chi connectivity index (χ1v) is 6.79. The molecule has 2 aromatic carbocycles. The maximum atomic E-state index is 10.2. The molecule has 0 saturated carbocycles. The van der Waals surface area contributed by atoms with Crippen molar-refractivity contribution in [3.8, 4) is 16.9 Å². The van der Waals surface area contributed by atoms with E-state index in [-0.39, 0.29) is 0 Å². The van der Waals surface area contributed by atoms with Gasteiger partial charge in [0.1, 0.15) is 5.75 Å². The first kappa shape index (κ1) is 14.1. The summed E-state index contributed by atoms with van der Waals surface area (Å²) in [7, 11) is 0. The summed E-state index contributed by atoms with van der Waals surface area (Å²) < 4.78 is 0. The molecule has 0 aliphatic carbocycles. The van der Waals surface area contributed by atoms with Crippen molar-refractivity contribution in [1.29, 1.82) is 0 Å². The summed E-state index contributed by atoms with van der Waals surface area (Å²) in [5.74, 6) is 0.316. The number of phenols is 1. The molecule has 0 fully saturated rings. The van der Waals surface area contributed by atoms with E-state index in [1.165, 1.54) is 5.56 Å². The van der Waals surface area contributed by atoms with E-state index in [0.717, 1.165) is 35.1 Å². The predicted octanol–water partition coefficient (Wildman–Crippen LogP) is 4.82. The average molecular weight is 264 g/mol. The number of hydrogen-bond donors (Lipinski definition) is 1. The third kappa shape index (κ3) is 3.00. The molecular weight excluding hydrogens is 244 g/mol. The van der Waals surface area contributed by atoms with Gasteiger partial charge in [-0.2, -0.15) is 0 Å².